The lowest BCUT2D eigenvalue weighted by molar-refractivity contribution is 0.373. The summed E-state index contributed by atoms with van der Waals surface area (Å²) in [7, 11) is 0. The monoisotopic (exact) mass is 309 g/mol. The zero-order chi connectivity index (χ0) is 15.6. The van der Waals surface area contributed by atoms with Gasteiger partial charge in [0.05, 0.1) is 11.8 Å². The van der Waals surface area contributed by atoms with E-state index in [2.05, 4.69) is 46.7 Å². The van der Waals surface area contributed by atoms with E-state index in [0.717, 1.165) is 24.8 Å². The number of para-hydroxylation sites is 1. The van der Waals surface area contributed by atoms with Crippen molar-refractivity contribution in [2.75, 3.05) is 0 Å². The van der Waals surface area contributed by atoms with Crippen LogP contribution in [-0.2, 0) is 12.8 Å². The first-order valence-electron chi connectivity index (χ1n) is 8.55. The molecule has 2 heterocycles. The molecule has 0 bridgehead atoms. The molecule has 0 saturated carbocycles. The molecule has 23 heavy (non-hydrogen) atoms. The van der Waals surface area contributed by atoms with E-state index in [1.165, 1.54) is 35.2 Å². The standard InChI is InChI=1S/C19H23N3O/c1-13(20-16-7-4-8-19-15(16)11-12-23-19)9-10-18-14-5-2-3-6-17(14)21-22-18/h2-3,5-6,11-13,16,20H,4,7-10H2,1H3,(H,21,22). The van der Waals surface area contributed by atoms with Gasteiger partial charge in [-0.2, -0.15) is 5.10 Å². The van der Waals surface area contributed by atoms with Gasteiger partial charge in [-0.15, -0.1) is 0 Å². The number of nitrogens with one attached hydrogen (secondary N) is 2. The molecule has 2 aromatic heterocycles. The first-order valence-corrected chi connectivity index (χ1v) is 8.55. The van der Waals surface area contributed by atoms with Crippen molar-refractivity contribution >= 4 is 10.9 Å². The lowest BCUT2D eigenvalue weighted by Gasteiger charge is -2.26. The van der Waals surface area contributed by atoms with Crippen molar-refractivity contribution in [2.45, 2.75) is 51.1 Å². The largest absolute Gasteiger partial charge is 0.469 e. The van der Waals surface area contributed by atoms with Crippen molar-refractivity contribution in [3.05, 3.63) is 53.6 Å². The fraction of sp³-hybridized carbons (Fsp3) is 0.421. The van der Waals surface area contributed by atoms with Crippen LogP contribution in [0.15, 0.2) is 41.0 Å². The molecule has 1 aromatic carbocycles. The van der Waals surface area contributed by atoms with Crippen LogP contribution >= 0.6 is 0 Å². The van der Waals surface area contributed by atoms with E-state index < -0.39 is 0 Å². The topological polar surface area (TPSA) is 53.9 Å². The highest BCUT2D eigenvalue weighted by molar-refractivity contribution is 5.81. The summed E-state index contributed by atoms with van der Waals surface area (Å²) in [6.07, 6.45) is 7.41. The highest BCUT2D eigenvalue weighted by Crippen LogP contribution is 2.31. The van der Waals surface area contributed by atoms with Gasteiger partial charge in [-0.05, 0) is 44.7 Å². The van der Waals surface area contributed by atoms with Crippen LogP contribution in [0, 0.1) is 0 Å². The number of fused-ring (bicyclic) bond motifs is 2. The third-order valence-corrected chi connectivity index (χ3v) is 4.91. The molecule has 3 aromatic rings. The predicted molar refractivity (Wildman–Crippen MR) is 91.4 cm³/mol. The molecule has 2 unspecified atom stereocenters. The molecule has 2 N–H and O–H groups in total. The summed E-state index contributed by atoms with van der Waals surface area (Å²) in [6, 6.07) is 11.3. The van der Waals surface area contributed by atoms with Crippen LogP contribution in [0.1, 0.15) is 49.2 Å². The molecular formula is C19H23N3O. The number of hydrogen-bond acceptors (Lipinski definition) is 3. The molecule has 4 rings (SSSR count). The number of aromatic amines is 1. The molecule has 0 fully saturated rings. The Kier molecular flexibility index (Phi) is 3.92. The van der Waals surface area contributed by atoms with Gasteiger partial charge in [0.15, 0.2) is 0 Å². The van der Waals surface area contributed by atoms with Gasteiger partial charge in [0, 0.05) is 35.1 Å². The molecule has 120 valence electrons. The molecule has 0 radical (unpaired) electrons. The number of benzene rings is 1. The van der Waals surface area contributed by atoms with E-state index >= 15 is 0 Å². The second-order valence-electron chi connectivity index (χ2n) is 6.57. The van der Waals surface area contributed by atoms with Crippen molar-refractivity contribution in [3.8, 4) is 0 Å². The van der Waals surface area contributed by atoms with Gasteiger partial charge in [0.25, 0.3) is 0 Å². The van der Waals surface area contributed by atoms with Crippen molar-refractivity contribution < 1.29 is 4.42 Å². The second kappa shape index (κ2) is 6.20. The maximum atomic E-state index is 5.58. The first-order chi connectivity index (χ1) is 11.3. The second-order valence-corrected chi connectivity index (χ2v) is 6.57. The van der Waals surface area contributed by atoms with Crippen molar-refractivity contribution in [1.29, 1.82) is 0 Å². The van der Waals surface area contributed by atoms with Gasteiger partial charge >= 0.3 is 0 Å². The summed E-state index contributed by atoms with van der Waals surface area (Å²) in [4.78, 5) is 0. The van der Waals surface area contributed by atoms with Gasteiger partial charge in [-0.25, -0.2) is 0 Å². The summed E-state index contributed by atoms with van der Waals surface area (Å²) in [5.74, 6) is 1.17. The molecule has 1 aliphatic carbocycles. The van der Waals surface area contributed by atoms with Crippen LogP contribution in [0.3, 0.4) is 0 Å². The van der Waals surface area contributed by atoms with E-state index in [9.17, 15) is 0 Å². The SMILES string of the molecule is CC(CCc1[nH]nc2ccccc12)NC1CCCc2occc21. The van der Waals surface area contributed by atoms with Gasteiger partial charge in [0.2, 0.25) is 0 Å². The van der Waals surface area contributed by atoms with E-state index in [1.54, 1.807) is 0 Å². The molecule has 2 atom stereocenters. The minimum absolute atomic E-state index is 0.436. The number of rotatable bonds is 5. The summed E-state index contributed by atoms with van der Waals surface area (Å²) in [5.41, 5.74) is 3.65. The Morgan fingerprint density at radius 3 is 3.22 bits per heavy atom. The first kappa shape index (κ1) is 14.5. The van der Waals surface area contributed by atoms with E-state index in [0.29, 0.717) is 12.1 Å². The van der Waals surface area contributed by atoms with Crippen LogP contribution < -0.4 is 5.32 Å². The minimum Gasteiger partial charge on any atom is -0.469 e. The quantitative estimate of drug-likeness (QED) is 0.744. The summed E-state index contributed by atoms with van der Waals surface area (Å²) < 4.78 is 5.58. The number of furan rings is 1. The van der Waals surface area contributed by atoms with Crippen molar-refractivity contribution in [3.63, 3.8) is 0 Å². The number of nitrogens with zero attached hydrogens (tertiary/aromatic N) is 1. The normalized spacial score (nSPS) is 18.9. The number of H-pyrrole nitrogens is 1. The van der Waals surface area contributed by atoms with Gasteiger partial charge in [-0.3, -0.25) is 5.10 Å². The van der Waals surface area contributed by atoms with Gasteiger partial charge in [0.1, 0.15) is 5.76 Å². The fourth-order valence-corrected chi connectivity index (χ4v) is 3.65. The van der Waals surface area contributed by atoms with Crippen molar-refractivity contribution in [1.82, 2.24) is 15.5 Å². The molecule has 4 heteroatoms. The van der Waals surface area contributed by atoms with E-state index in [-0.39, 0.29) is 0 Å². The third-order valence-electron chi connectivity index (χ3n) is 4.91. The Hall–Kier alpha value is -2.07. The lowest BCUT2D eigenvalue weighted by Crippen LogP contribution is -2.32. The average molecular weight is 309 g/mol. The van der Waals surface area contributed by atoms with Crippen LogP contribution in [0.2, 0.25) is 0 Å². The highest BCUT2D eigenvalue weighted by Gasteiger charge is 2.23. The summed E-state index contributed by atoms with van der Waals surface area (Å²) in [5, 5.41) is 12.6. The molecule has 0 amide bonds. The molecule has 0 aliphatic heterocycles. The molecule has 0 saturated heterocycles. The maximum Gasteiger partial charge on any atom is 0.108 e. The Bertz CT molecular complexity index is 789. The van der Waals surface area contributed by atoms with Crippen LogP contribution in [0.25, 0.3) is 10.9 Å². The smallest absolute Gasteiger partial charge is 0.108 e. The fourth-order valence-electron chi connectivity index (χ4n) is 3.65. The molecular weight excluding hydrogens is 286 g/mol. The Labute approximate surface area is 136 Å². The summed E-state index contributed by atoms with van der Waals surface area (Å²) in [6.45, 7) is 2.27. The van der Waals surface area contributed by atoms with Gasteiger partial charge in [-0.1, -0.05) is 18.2 Å². The molecule has 4 nitrogen and oxygen atoms in total. The Morgan fingerprint density at radius 2 is 2.26 bits per heavy atom. The minimum atomic E-state index is 0.436. The van der Waals surface area contributed by atoms with E-state index in [4.69, 9.17) is 4.42 Å². The third kappa shape index (κ3) is 2.91. The Morgan fingerprint density at radius 1 is 1.35 bits per heavy atom. The average Bonchev–Trinajstić information content (AvgIpc) is 3.20. The zero-order valence-corrected chi connectivity index (χ0v) is 13.5. The molecule has 1 aliphatic rings. The van der Waals surface area contributed by atoms with Crippen LogP contribution in [0.4, 0.5) is 0 Å². The number of aromatic nitrogens is 2. The lowest BCUT2D eigenvalue weighted by atomic mass is 9.92. The molecule has 0 spiro atoms. The maximum absolute atomic E-state index is 5.58. The number of aryl methyl sites for hydroxylation is 2. The number of hydrogen-bond donors (Lipinski definition) is 2. The van der Waals surface area contributed by atoms with Crippen LogP contribution in [0.5, 0.6) is 0 Å². The van der Waals surface area contributed by atoms with Crippen molar-refractivity contribution in [2.24, 2.45) is 0 Å². The predicted octanol–water partition coefficient (Wildman–Crippen LogP) is 4.14. The van der Waals surface area contributed by atoms with Crippen LogP contribution in [-0.4, -0.2) is 16.2 Å². The van der Waals surface area contributed by atoms with Gasteiger partial charge < -0.3 is 9.73 Å². The summed E-state index contributed by atoms with van der Waals surface area (Å²) >= 11 is 0. The zero-order valence-electron chi connectivity index (χ0n) is 13.5. The Balaban J connectivity index is 1.39. The highest BCUT2D eigenvalue weighted by atomic mass is 16.3. The van der Waals surface area contributed by atoms with E-state index in [1.807, 2.05) is 12.3 Å².